The van der Waals surface area contributed by atoms with Gasteiger partial charge in [0, 0.05) is 44.8 Å². The van der Waals surface area contributed by atoms with Crippen molar-refractivity contribution in [2.24, 2.45) is 0 Å². The molecule has 168 valence electrons. The first-order chi connectivity index (χ1) is 14.6. The molecule has 31 heavy (non-hydrogen) atoms. The molecule has 0 bridgehead atoms. The largest absolute Gasteiger partial charge is 0.416 e. The zero-order valence-corrected chi connectivity index (χ0v) is 17.8. The van der Waals surface area contributed by atoms with Gasteiger partial charge >= 0.3 is 6.18 Å². The van der Waals surface area contributed by atoms with Crippen molar-refractivity contribution in [3.8, 4) is 0 Å². The average Bonchev–Trinajstić information content (AvgIpc) is 2.74. The molecule has 0 radical (unpaired) electrons. The number of amides is 1. The van der Waals surface area contributed by atoms with E-state index >= 15 is 0 Å². The molecule has 1 fully saturated rings. The summed E-state index contributed by atoms with van der Waals surface area (Å²) in [5.74, 6) is -0.247. The number of carbonyl (C=O) groups is 1. The highest BCUT2D eigenvalue weighted by Gasteiger charge is 2.30. The van der Waals surface area contributed by atoms with Crippen molar-refractivity contribution in [2.75, 3.05) is 32.7 Å². The van der Waals surface area contributed by atoms with Gasteiger partial charge in [-0.2, -0.15) is 13.2 Å². The predicted octanol–water partition coefficient (Wildman–Crippen LogP) is 2.96. The van der Waals surface area contributed by atoms with E-state index in [1.54, 1.807) is 17.9 Å². The van der Waals surface area contributed by atoms with E-state index in [1.807, 2.05) is 0 Å². The number of hydrogen-bond acceptors (Lipinski definition) is 4. The van der Waals surface area contributed by atoms with Gasteiger partial charge in [-0.15, -0.1) is 0 Å². The van der Waals surface area contributed by atoms with Crippen LogP contribution in [-0.2, 0) is 22.7 Å². The molecule has 0 unspecified atom stereocenters. The summed E-state index contributed by atoms with van der Waals surface area (Å²) in [5, 5.41) is 0. The monoisotopic (exact) mass is 455 g/mol. The molecule has 1 amide bonds. The summed E-state index contributed by atoms with van der Waals surface area (Å²) in [6.45, 7) is 4.46. The molecule has 0 spiro atoms. The molecule has 0 aliphatic carbocycles. The van der Waals surface area contributed by atoms with Crippen LogP contribution in [0, 0.1) is 0 Å². The van der Waals surface area contributed by atoms with Crippen LogP contribution in [0.4, 0.5) is 13.2 Å². The molecule has 2 aromatic rings. The number of nitrogens with one attached hydrogen (secondary N) is 1. The Morgan fingerprint density at radius 3 is 2.26 bits per heavy atom. The second kappa shape index (κ2) is 9.37. The molecule has 0 saturated carbocycles. The molecule has 0 atom stereocenters. The highest BCUT2D eigenvalue weighted by atomic mass is 32.2. The topological polar surface area (TPSA) is 69.7 Å². The minimum atomic E-state index is -4.35. The summed E-state index contributed by atoms with van der Waals surface area (Å²) >= 11 is 0. The van der Waals surface area contributed by atoms with Crippen molar-refractivity contribution < 1.29 is 26.4 Å². The van der Waals surface area contributed by atoms with Gasteiger partial charge in [0.05, 0.1) is 10.5 Å². The van der Waals surface area contributed by atoms with Gasteiger partial charge in [0.15, 0.2) is 0 Å². The number of nitrogens with zero attached hydrogens (tertiary/aromatic N) is 2. The van der Waals surface area contributed by atoms with Crippen molar-refractivity contribution in [2.45, 2.75) is 24.5 Å². The van der Waals surface area contributed by atoms with Crippen LogP contribution in [0.25, 0.3) is 0 Å². The number of rotatable bonds is 6. The van der Waals surface area contributed by atoms with Gasteiger partial charge in [-0.25, -0.2) is 13.1 Å². The number of hydrogen-bond donors (Lipinski definition) is 1. The van der Waals surface area contributed by atoms with E-state index in [2.05, 4.69) is 9.62 Å². The van der Waals surface area contributed by atoms with Crippen molar-refractivity contribution >= 4 is 15.9 Å². The quantitative estimate of drug-likeness (QED) is 0.727. The molecule has 1 saturated heterocycles. The van der Waals surface area contributed by atoms with Crippen LogP contribution in [-0.4, -0.2) is 56.8 Å². The van der Waals surface area contributed by atoms with Gasteiger partial charge in [-0.1, -0.05) is 25.1 Å². The van der Waals surface area contributed by atoms with Crippen LogP contribution in [0.5, 0.6) is 0 Å². The Hall–Kier alpha value is -2.43. The second-order valence-electron chi connectivity index (χ2n) is 7.29. The zero-order valence-electron chi connectivity index (χ0n) is 17.0. The Bertz CT molecular complexity index is 1020. The minimum Gasteiger partial charge on any atom is -0.336 e. The highest BCUT2D eigenvalue weighted by Crippen LogP contribution is 2.29. The van der Waals surface area contributed by atoms with Crippen LogP contribution < -0.4 is 4.72 Å². The third-order valence-electron chi connectivity index (χ3n) is 5.07. The first-order valence-corrected chi connectivity index (χ1v) is 11.4. The third kappa shape index (κ3) is 5.84. The molecule has 6 nitrogen and oxygen atoms in total. The smallest absolute Gasteiger partial charge is 0.336 e. The molecule has 2 aromatic carbocycles. The fourth-order valence-corrected chi connectivity index (χ4v) is 4.51. The van der Waals surface area contributed by atoms with Crippen LogP contribution in [0.15, 0.2) is 53.4 Å². The van der Waals surface area contributed by atoms with Gasteiger partial charge in [0.1, 0.15) is 0 Å². The van der Waals surface area contributed by atoms with Crippen LogP contribution in [0.3, 0.4) is 0 Å². The van der Waals surface area contributed by atoms with Gasteiger partial charge < -0.3 is 4.90 Å². The van der Waals surface area contributed by atoms with E-state index < -0.39 is 21.8 Å². The molecule has 3 rings (SSSR count). The molecule has 10 heteroatoms. The highest BCUT2D eigenvalue weighted by molar-refractivity contribution is 7.89. The summed E-state index contributed by atoms with van der Waals surface area (Å²) < 4.78 is 64.8. The van der Waals surface area contributed by atoms with Crippen LogP contribution in [0.2, 0.25) is 0 Å². The first kappa shape index (κ1) is 23.2. The Morgan fingerprint density at radius 1 is 1.03 bits per heavy atom. The summed E-state index contributed by atoms with van der Waals surface area (Å²) in [6.07, 6.45) is -4.35. The Kier molecular flexibility index (Phi) is 7.03. The molecular weight excluding hydrogens is 431 g/mol. The first-order valence-electron chi connectivity index (χ1n) is 9.87. The maximum atomic E-state index is 12.8. The van der Waals surface area contributed by atoms with Gasteiger partial charge in [-0.05, 0) is 35.9 Å². The van der Waals surface area contributed by atoms with Gasteiger partial charge in [-0.3, -0.25) is 9.69 Å². The molecule has 1 aliphatic heterocycles. The lowest BCUT2D eigenvalue weighted by molar-refractivity contribution is -0.137. The number of carbonyl (C=O) groups excluding carboxylic acids is 1. The molecule has 1 N–H and O–H groups in total. The van der Waals surface area contributed by atoms with Crippen molar-refractivity contribution in [1.29, 1.82) is 0 Å². The summed E-state index contributed by atoms with van der Waals surface area (Å²) in [7, 11) is -3.65. The molecule has 1 heterocycles. The minimum absolute atomic E-state index is 0.0427. The fraction of sp³-hybridized carbons (Fsp3) is 0.381. The third-order valence-corrected chi connectivity index (χ3v) is 6.62. The SMILES string of the molecule is CCNS(=O)(=O)c1cccc(C(=O)N2CCN(Cc3ccc(C(F)(F)F)cc3)CC2)c1. The maximum absolute atomic E-state index is 12.8. The van der Waals surface area contributed by atoms with E-state index in [9.17, 15) is 26.4 Å². The summed E-state index contributed by atoms with van der Waals surface area (Å²) in [5.41, 5.74) is 0.398. The average molecular weight is 456 g/mol. The zero-order chi connectivity index (χ0) is 22.6. The number of alkyl halides is 3. The Morgan fingerprint density at radius 2 is 1.68 bits per heavy atom. The molecule has 1 aliphatic rings. The molecular formula is C21H24F3N3O3S. The Labute approximate surface area is 179 Å². The maximum Gasteiger partial charge on any atom is 0.416 e. The van der Waals surface area contributed by atoms with Crippen LogP contribution in [0.1, 0.15) is 28.4 Å². The van der Waals surface area contributed by atoms with Gasteiger partial charge in [0.2, 0.25) is 10.0 Å². The molecule has 0 aromatic heterocycles. The van der Waals surface area contributed by atoms with E-state index in [-0.39, 0.29) is 17.3 Å². The summed E-state index contributed by atoms with van der Waals surface area (Å²) in [6, 6.07) is 11.0. The van der Waals surface area contributed by atoms with E-state index in [1.165, 1.54) is 30.3 Å². The van der Waals surface area contributed by atoms with Gasteiger partial charge in [0.25, 0.3) is 5.91 Å². The number of halogens is 3. The van der Waals surface area contributed by atoms with E-state index in [0.717, 1.165) is 17.7 Å². The van der Waals surface area contributed by atoms with Crippen molar-refractivity contribution in [3.63, 3.8) is 0 Å². The van der Waals surface area contributed by atoms with Crippen molar-refractivity contribution in [3.05, 3.63) is 65.2 Å². The lowest BCUT2D eigenvalue weighted by atomic mass is 10.1. The Balaban J connectivity index is 1.59. The number of benzene rings is 2. The standard InChI is InChI=1S/C21H24F3N3O3S/c1-2-25-31(29,30)19-5-3-4-17(14-19)20(28)27-12-10-26(11-13-27)15-16-6-8-18(9-7-16)21(22,23)24/h3-9,14,25H,2,10-13,15H2,1H3. The lowest BCUT2D eigenvalue weighted by Gasteiger charge is -2.35. The number of sulfonamides is 1. The second-order valence-corrected chi connectivity index (χ2v) is 9.06. The lowest BCUT2D eigenvalue weighted by Crippen LogP contribution is -2.48. The van der Waals surface area contributed by atoms with E-state index in [0.29, 0.717) is 38.3 Å². The summed E-state index contributed by atoms with van der Waals surface area (Å²) in [4.78, 5) is 16.6. The predicted molar refractivity (Wildman–Crippen MR) is 110 cm³/mol. The normalized spacial score (nSPS) is 15.8. The fourth-order valence-electron chi connectivity index (χ4n) is 3.42. The van der Waals surface area contributed by atoms with Crippen LogP contribution >= 0.6 is 0 Å². The van der Waals surface area contributed by atoms with Crippen molar-refractivity contribution in [1.82, 2.24) is 14.5 Å². The van der Waals surface area contributed by atoms with E-state index in [4.69, 9.17) is 0 Å². The number of piperazine rings is 1.